The van der Waals surface area contributed by atoms with Gasteiger partial charge in [0, 0.05) is 5.75 Å². The van der Waals surface area contributed by atoms with Gasteiger partial charge in [-0.15, -0.1) is 11.8 Å². The summed E-state index contributed by atoms with van der Waals surface area (Å²) in [5.74, 6) is -1.01. The fourth-order valence-electron chi connectivity index (χ4n) is 3.47. The second-order valence-electron chi connectivity index (χ2n) is 8.51. The number of carbonyl (C=O) groups excluding carboxylic acids is 4. The van der Waals surface area contributed by atoms with Crippen LogP contribution in [0.4, 0.5) is 4.79 Å². The molecule has 0 aliphatic carbocycles. The van der Waals surface area contributed by atoms with Gasteiger partial charge < -0.3 is 20.1 Å². The van der Waals surface area contributed by atoms with Crippen molar-refractivity contribution in [2.75, 3.05) is 12.9 Å². The van der Waals surface area contributed by atoms with Crippen molar-refractivity contribution in [2.24, 2.45) is 0 Å². The van der Waals surface area contributed by atoms with Gasteiger partial charge in [0.2, 0.25) is 5.91 Å². The van der Waals surface area contributed by atoms with Gasteiger partial charge in [0.15, 0.2) is 0 Å². The van der Waals surface area contributed by atoms with Crippen molar-refractivity contribution in [1.82, 2.24) is 15.5 Å². The molecule has 1 saturated heterocycles. The third-order valence-electron chi connectivity index (χ3n) is 4.89. The van der Waals surface area contributed by atoms with Gasteiger partial charge in [0.25, 0.3) is 5.91 Å². The van der Waals surface area contributed by atoms with E-state index in [-0.39, 0.29) is 5.70 Å². The van der Waals surface area contributed by atoms with Crippen LogP contribution < -0.4 is 10.6 Å². The van der Waals surface area contributed by atoms with Crippen molar-refractivity contribution in [1.29, 1.82) is 0 Å². The highest BCUT2D eigenvalue weighted by Gasteiger charge is 2.54. The molecule has 2 N–H and O–H groups in total. The molecule has 2 heterocycles. The minimum absolute atomic E-state index is 0.221. The Balaban J connectivity index is 1.77. The summed E-state index contributed by atoms with van der Waals surface area (Å²) in [5.41, 5.74) is 0.768. The number of hydrogen-bond acceptors (Lipinski definition) is 7. The number of nitrogens with one attached hydrogen (secondary N) is 2. The fourth-order valence-corrected chi connectivity index (χ4v) is 4.76. The smallest absolute Gasteiger partial charge is 0.408 e. The lowest BCUT2D eigenvalue weighted by Gasteiger charge is -2.49. The molecule has 3 rings (SSSR count). The largest absolute Gasteiger partial charge is 0.464 e. The molecule has 2 aliphatic heterocycles. The van der Waals surface area contributed by atoms with Crippen LogP contribution in [0.15, 0.2) is 41.6 Å². The van der Waals surface area contributed by atoms with Crippen molar-refractivity contribution in [3.63, 3.8) is 0 Å². The number of methoxy groups -OCH3 is 1. The van der Waals surface area contributed by atoms with E-state index >= 15 is 0 Å². The van der Waals surface area contributed by atoms with E-state index in [4.69, 9.17) is 9.47 Å². The Labute approximate surface area is 190 Å². The van der Waals surface area contributed by atoms with E-state index in [2.05, 4.69) is 10.6 Å². The first-order valence-corrected chi connectivity index (χ1v) is 11.2. The average molecular weight is 462 g/mol. The summed E-state index contributed by atoms with van der Waals surface area (Å²) >= 11 is 1.45. The lowest BCUT2D eigenvalue weighted by Crippen LogP contribution is -2.71. The van der Waals surface area contributed by atoms with Crippen molar-refractivity contribution >= 4 is 35.6 Å². The Hall–Kier alpha value is -3.01. The first kappa shape index (κ1) is 23.6. The van der Waals surface area contributed by atoms with Gasteiger partial charge in [-0.1, -0.05) is 30.3 Å². The quantitative estimate of drug-likeness (QED) is 0.510. The Morgan fingerprint density at radius 3 is 2.44 bits per heavy atom. The number of hydrogen-bond donors (Lipinski definition) is 2. The van der Waals surface area contributed by atoms with Gasteiger partial charge in [-0.2, -0.15) is 0 Å². The summed E-state index contributed by atoms with van der Waals surface area (Å²) in [7, 11) is 1.26. The molecule has 0 spiro atoms. The van der Waals surface area contributed by atoms with E-state index in [0.29, 0.717) is 11.3 Å². The van der Waals surface area contributed by atoms with Crippen LogP contribution in [0.25, 0.3) is 0 Å². The van der Waals surface area contributed by atoms with Gasteiger partial charge in [-0.05, 0) is 38.8 Å². The fraction of sp³-hybridized carbons (Fsp3) is 0.455. The number of thioether (sulfide) groups is 1. The summed E-state index contributed by atoms with van der Waals surface area (Å²) in [4.78, 5) is 51.8. The molecule has 10 heteroatoms. The van der Waals surface area contributed by atoms with Crippen LogP contribution in [0, 0.1) is 0 Å². The van der Waals surface area contributed by atoms with Crippen molar-refractivity contribution in [3.05, 3.63) is 47.2 Å². The number of fused-ring (bicyclic) bond motifs is 1. The number of rotatable bonds is 5. The molecule has 1 fully saturated rings. The molecule has 1 aromatic carbocycles. The second-order valence-corrected chi connectivity index (χ2v) is 9.61. The normalized spacial score (nSPS) is 21.2. The molecule has 32 heavy (non-hydrogen) atoms. The molecular formula is C22H27N3O6S. The maximum absolute atomic E-state index is 13.1. The van der Waals surface area contributed by atoms with Gasteiger partial charge in [-0.25, -0.2) is 9.59 Å². The number of nitrogens with zero attached hydrogens (tertiary/aromatic N) is 1. The van der Waals surface area contributed by atoms with Gasteiger partial charge in [0.1, 0.15) is 28.8 Å². The number of β-lactam (4-membered cyclic amide) rings is 1. The first-order chi connectivity index (χ1) is 15.0. The molecule has 0 radical (unpaired) electrons. The Kier molecular flexibility index (Phi) is 6.82. The second kappa shape index (κ2) is 9.23. The van der Waals surface area contributed by atoms with E-state index < -0.39 is 46.9 Å². The summed E-state index contributed by atoms with van der Waals surface area (Å²) in [6.07, 6.45) is -0.748. The van der Waals surface area contributed by atoms with Gasteiger partial charge in [0.05, 0.1) is 7.11 Å². The number of ether oxygens (including phenoxy) is 2. The highest BCUT2D eigenvalue weighted by atomic mass is 32.2. The topological polar surface area (TPSA) is 114 Å². The predicted molar refractivity (Wildman–Crippen MR) is 118 cm³/mol. The molecule has 0 saturated carbocycles. The van der Waals surface area contributed by atoms with Crippen LogP contribution in [0.2, 0.25) is 0 Å². The van der Waals surface area contributed by atoms with Crippen LogP contribution in [0.1, 0.15) is 39.3 Å². The number of esters is 1. The lowest BCUT2D eigenvalue weighted by atomic mass is 10.0. The molecule has 2 aliphatic rings. The minimum atomic E-state index is -1.06. The zero-order valence-corrected chi connectivity index (χ0v) is 19.4. The summed E-state index contributed by atoms with van der Waals surface area (Å²) in [5, 5.41) is 4.88. The van der Waals surface area contributed by atoms with Crippen LogP contribution in [-0.4, -0.2) is 58.7 Å². The van der Waals surface area contributed by atoms with Crippen molar-refractivity contribution < 1.29 is 28.7 Å². The summed E-state index contributed by atoms with van der Waals surface area (Å²) in [6, 6.07) is 6.80. The molecule has 9 nitrogen and oxygen atoms in total. The third kappa shape index (κ3) is 4.90. The molecule has 0 unspecified atom stereocenters. The lowest BCUT2D eigenvalue weighted by molar-refractivity contribution is -0.152. The van der Waals surface area contributed by atoms with E-state index in [1.807, 2.05) is 0 Å². The third-order valence-corrected chi connectivity index (χ3v) is 6.32. The minimum Gasteiger partial charge on any atom is -0.464 e. The monoisotopic (exact) mass is 461 g/mol. The maximum Gasteiger partial charge on any atom is 0.408 e. The Morgan fingerprint density at radius 1 is 1.19 bits per heavy atom. The first-order valence-electron chi connectivity index (χ1n) is 10.1. The number of alkyl carbamates (subject to hydrolysis) is 1. The zero-order chi connectivity index (χ0) is 23.6. The number of carbonyl (C=O) groups is 4. The van der Waals surface area contributed by atoms with Crippen molar-refractivity contribution in [3.8, 4) is 0 Å². The molecule has 0 bridgehead atoms. The number of benzene rings is 1. The summed E-state index contributed by atoms with van der Waals surface area (Å²) < 4.78 is 10.1. The molecule has 1 aromatic rings. The Bertz CT molecular complexity index is 956. The van der Waals surface area contributed by atoms with Gasteiger partial charge >= 0.3 is 12.1 Å². The van der Waals surface area contributed by atoms with Crippen LogP contribution >= 0.6 is 11.8 Å². The van der Waals surface area contributed by atoms with Crippen LogP contribution in [0.3, 0.4) is 0 Å². The predicted octanol–water partition coefficient (Wildman–Crippen LogP) is 2.10. The van der Waals surface area contributed by atoms with E-state index in [0.717, 1.165) is 5.57 Å². The van der Waals surface area contributed by atoms with E-state index in [1.165, 1.54) is 23.8 Å². The van der Waals surface area contributed by atoms with Crippen LogP contribution in [0.5, 0.6) is 0 Å². The Morgan fingerprint density at radius 2 is 1.84 bits per heavy atom. The molecule has 3 amide bonds. The van der Waals surface area contributed by atoms with Crippen molar-refractivity contribution in [2.45, 2.75) is 50.8 Å². The van der Waals surface area contributed by atoms with Crippen LogP contribution in [-0.2, 0) is 23.9 Å². The molecular weight excluding hydrogens is 434 g/mol. The molecule has 3 atom stereocenters. The highest BCUT2D eigenvalue weighted by Crippen LogP contribution is 2.40. The highest BCUT2D eigenvalue weighted by molar-refractivity contribution is 8.00. The molecule has 172 valence electrons. The van der Waals surface area contributed by atoms with E-state index in [9.17, 15) is 19.2 Å². The molecule has 0 aromatic heterocycles. The van der Waals surface area contributed by atoms with E-state index in [1.54, 1.807) is 58.0 Å². The standard InChI is InChI=1S/C22H27N3O6S/c1-12-11-32-19-15(18(27)25(19)16(12)20(28)30-5)23-17(26)14(13-9-7-6-8-10-13)24-21(29)31-22(2,3)4/h6-10,14-15,19H,11H2,1-5H3,(H,23,26)(H,24,29)/t14-,15-,19-/m1/s1. The summed E-state index contributed by atoms with van der Waals surface area (Å²) in [6.45, 7) is 6.94. The number of amides is 3. The SMILES string of the molecule is COC(=O)C1=C(C)CS[C@@H]2[C@H](NC(=O)[C@H](NC(=O)OC(C)(C)C)c3ccccc3)C(=O)N12. The average Bonchev–Trinajstić information content (AvgIpc) is 2.74. The zero-order valence-electron chi connectivity index (χ0n) is 18.6. The maximum atomic E-state index is 13.1. The van der Waals surface area contributed by atoms with Gasteiger partial charge in [-0.3, -0.25) is 14.5 Å².